The van der Waals surface area contributed by atoms with Gasteiger partial charge in [0, 0.05) is 11.4 Å². The average Bonchev–Trinajstić information content (AvgIpc) is 3.06. The van der Waals surface area contributed by atoms with Crippen LogP contribution in [0.15, 0.2) is 36.4 Å². The molecule has 1 aliphatic rings. The van der Waals surface area contributed by atoms with Crippen LogP contribution in [0.1, 0.15) is 44.9 Å². The zero-order valence-corrected chi connectivity index (χ0v) is 12.5. The van der Waals surface area contributed by atoms with Crippen LogP contribution in [0.4, 0.5) is 0 Å². The zero-order chi connectivity index (χ0) is 13.9. The molecule has 3 heteroatoms. The van der Waals surface area contributed by atoms with Crippen LogP contribution < -0.4 is 5.32 Å². The van der Waals surface area contributed by atoms with Gasteiger partial charge in [-0.2, -0.15) is 0 Å². The number of fused-ring (bicyclic) bond motifs is 1. The maximum atomic E-state index is 12.2. The number of aryl methyl sites for hydroxylation is 2. The predicted octanol–water partition coefficient (Wildman–Crippen LogP) is 3.77. The highest BCUT2D eigenvalue weighted by molar-refractivity contribution is 7.14. The third-order valence-electron chi connectivity index (χ3n) is 3.91. The van der Waals surface area contributed by atoms with Crippen molar-refractivity contribution in [3.8, 4) is 0 Å². The van der Waals surface area contributed by atoms with Gasteiger partial charge in [0.25, 0.3) is 5.91 Å². The first-order valence-electron chi connectivity index (χ1n) is 7.19. The quantitative estimate of drug-likeness (QED) is 0.910. The number of carbonyl (C=O) groups is 1. The van der Waals surface area contributed by atoms with Crippen molar-refractivity contribution in [1.82, 2.24) is 5.32 Å². The van der Waals surface area contributed by atoms with Gasteiger partial charge in [0.2, 0.25) is 0 Å². The summed E-state index contributed by atoms with van der Waals surface area (Å²) < 4.78 is 0. The van der Waals surface area contributed by atoms with Crippen LogP contribution in [0.3, 0.4) is 0 Å². The lowest BCUT2D eigenvalue weighted by molar-refractivity contribution is 0.0955. The van der Waals surface area contributed by atoms with E-state index in [1.54, 1.807) is 11.3 Å². The van der Waals surface area contributed by atoms with E-state index in [2.05, 4.69) is 30.4 Å². The molecule has 0 aliphatic heterocycles. The van der Waals surface area contributed by atoms with E-state index >= 15 is 0 Å². The molecule has 0 spiro atoms. The Kier molecular flexibility index (Phi) is 3.88. The van der Waals surface area contributed by atoms with Crippen LogP contribution in [0.5, 0.6) is 0 Å². The lowest BCUT2D eigenvalue weighted by atomic mass is 10.0. The van der Waals surface area contributed by atoms with E-state index in [0.717, 1.165) is 17.7 Å². The Labute approximate surface area is 123 Å². The molecule has 1 atom stereocenters. The molecule has 1 amide bonds. The third kappa shape index (κ3) is 2.78. The Bertz CT molecular complexity index is 581. The van der Waals surface area contributed by atoms with Crippen LogP contribution >= 0.6 is 11.3 Å². The van der Waals surface area contributed by atoms with E-state index in [4.69, 9.17) is 0 Å². The van der Waals surface area contributed by atoms with Crippen LogP contribution in [-0.4, -0.2) is 12.5 Å². The van der Waals surface area contributed by atoms with Crippen molar-refractivity contribution in [2.45, 2.75) is 32.1 Å². The van der Waals surface area contributed by atoms with E-state index in [9.17, 15) is 4.79 Å². The van der Waals surface area contributed by atoms with Gasteiger partial charge in [-0.1, -0.05) is 37.3 Å². The number of nitrogens with one attached hydrogen (secondary N) is 1. The summed E-state index contributed by atoms with van der Waals surface area (Å²) in [7, 11) is 0. The molecule has 20 heavy (non-hydrogen) atoms. The minimum absolute atomic E-state index is 0.0761. The first-order valence-corrected chi connectivity index (χ1v) is 8.00. The van der Waals surface area contributed by atoms with Crippen molar-refractivity contribution < 1.29 is 4.79 Å². The number of rotatable bonds is 4. The summed E-state index contributed by atoms with van der Waals surface area (Å²) in [4.78, 5) is 14.5. The summed E-state index contributed by atoms with van der Waals surface area (Å²) in [5, 5.41) is 3.06. The van der Waals surface area contributed by atoms with E-state index in [1.165, 1.54) is 22.4 Å². The SMILES string of the molecule is C[C@@H](CNC(=O)c1cc2c(s1)CCC2)c1ccccc1. The fourth-order valence-electron chi connectivity index (χ4n) is 2.67. The molecule has 1 aromatic carbocycles. The fraction of sp³-hybridized carbons (Fsp3) is 0.353. The van der Waals surface area contributed by atoms with Gasteiger partial charge in [-0.05, 0) is 42.4 Å². The molecule has 1 aromatic heterocycles. The monoisotopic (exact) mass is 285 g/mol. The minimum atomic E-state index is 0.0761. The van der Waals surface area contributed by atoms with Crippen LogP contribution in [-0.2, 0) is 12.8 Å². The molecule has 3 rings (SSSR count). The number of benzene rings is 1. The van der Waals surface area contributed by atoms with Crippen LogP contribution in [0, 0.1) is 0 Å². The highest BCUT2D eigenvalue weighted by Gasteiger charge is 2.18. The highest BCUT2D eigenvalue weighted by Crippen LogP contribution is 2.30. The van der Waals surface area contributed by atoms with Crippen molar-refractivity contribution in [3.05, 3.63) is 57.3 Å². The summed E-state index contributed by atoms with van der Waals surface area (Å²) >= 11 is 1.67. The number of carbonyl (C=O) groups excluding carboxylic acids is 1. The molecule has 2 nitrogen and oxygen atoms in total. The van der Waals surface area contributed by atoms with Crippen molar-refractivity contribution in [2.75, 3.05) is 6.54 Å². The lowest BCUT2D eigenvalue weighted by Crippen LogP contribution is -2.26. The standard InChI is InChI=1S/C17H19NOS/c1-12(13-6-3-2-4-7-13)11-18-17(19)16-10-14-8-5-9-15(14)20-16/h2-4,6-7,10,12H,5,8-9,11H2,1H3,(H,18,19)/t12-/m0/s1. The van der Waals surface area contributed by atoms with Crippen molar-refractivity contribution in [2.24, 2.45) is 0 Å². The summed E-state index contributed by atoms with van der Waals surface area (Å²) in [6.07, 6.45) is 3.53. The second-order valence-corrected chi connectivity index (χ2v) is 6.57. The molecular formula is C17H19NOS. The Hall–Kier alpha value is -1.61. The summed E-state index contributed by atoms with van der Waals surface area (Å²) in [6.45, 7) is 2.83. The number of hydrogen-bond donors (Lipinski definition) is 1. The third-order valence-corrected chi connectivity index (χ3v) is 5.14. The summed E-state index contributed by atoms with van der Waals surface area (Å²) in [5.41, 5.74) is 2.65. The van der Waals surface area contributed by atoms with Gasteiger partial charge in [0.15, 0.2) is 0 Å². The Morgan fingerprint density at radius 3 is 2.85 bits per heavy atom. The van der Waals surface area contributed by atoms with Crippen molar-refractivity contribution in [1.29, 1.82) is 0 Å². The summed E-state index contributed by atoms with van der Waals surface area (Å²) in [5.74, 6) is 0.416. The molecule has 104 valence electrons. The fourth-order valence-corrected chi connectivity index (χ4v) is 3.84. The van der Waals surface area contributed by atoms with Gasteiger partial charge in [-0.15, -0.1) is 11.3 Å². The molecule has 2 aromatic rings. The predicted molar refractivity (Wildman–Crippen MR) is 83.5 cm³/mol. The van der Waals surface area contributed by atoms with Gasteiger partial charge < -0.3 is 5.32 Å². The maximum absolute atomic E-state index is 12.2. The molecule has 1 N–H and O–H groups in total. The van der Waals surface area contributed by atoms with Gasteiger partial charge >= 0.3 is 0 Å². The molecule has 0 bridgehead atoms. The van der Waals surface area contributed by atoms with Crippen LogP contribution in [0.25, 0.3) is 0 Å². The first-order chi connectivity index (χ1) is 9.74. The molecule has 0 radical (unpaired) electrons. The van der Waals surface area contributed by atoms with E-state index in [1.807, 2.05) is 18.2 Å². The largest absolute Gasteiger partial charge is 0.351 e. The topological polar surface area (TPSA) is 29.1 Å². The number of amides is 1. The number of hydrogen-bond acceptors (Lipinski definition) is 2. The van der Waals surface area contributed by atoms with E-state index < -0.39 is 0 Å². The van der Waals surface area contributed by atoms with E-state index in [0.29, 0.717) is 12.5 Å². The molecule has 0 unspecified atom stereocenters. The molecule has 0 fully saturated rings. The van der Waals surface area contributed by atoms with E-state index in [-0.39, 0.29) is 5.91 Å². The Morgan fingerprint density at radius 1 is 1.30 bits per heavy atom. The van der Waals surface area contributed by atoms with Crippen molar-refractivity contribution in [3.63, 3.8) is 0 Å². The van der Waals surface area contributed by atoms with Gasteiger partial charge in [-0.3, -0.25) is 4.79 Å². The second kappa shape index (κ2) is 5.80. The molecule has 1 aliphatic carbocycles. The second-order valence-electron chi connectivity index (χ2n) is 5.43. The van der Waals surface area contributed by atoms with Gasteiger partial charge in [0.05, 0.1) is 4.88 Å². The first kappa shape index (κ1) is 13.4. The highest BCUT2D eigenvalue weighted by atomic mass is 32.1. The Morgan fingerprint density at radius 2 is 2.10 bits per heavy atom. The Balaban J connectivity index is 1.59. The number of thiophene rings is 1. The minimum Gasteiger partial charge on any atom is -0.351 e. The normalized spacial score (nSPS) is 14.8. The summed E-state index contributed by atoms with van der Waals surface area (Å²) in [6, 6.07) is 12.4. The van der Waals surface area contributed by atoms with Crippen molar-refractivity contribution >= 4 is 17.2 Å². The smallest absolute Gasteiger partial charge is 0.261 e. The van der Waals surface area contributed by atoms with Gasteiger partial charge in [-0.25, -0.2) is 0 Å². The average molecular weight is 285 g/mol. The molecule has 1 heterocycles. The maximum Gasteiger partial charge on any atom is 0.261 e. The van der Waals surface area contributed by atoms with Crippen LogP contribution in [0.2, 0.25) is 0 Å². The zero-order valence-electron chi connectivity index (χ0n) is 11.7. The molecule has 0 saturated heterocycles. The molecule has 0 saturated carbocycles. The lowest BCUT2D eigenvalue weighted by Gasteiger charge is -2.12. The van der Waals surface area contributed by atoms with Gasteiger partial charge in [0.1, 0.15) is 0 Å². The molecular weight excluding hydrogens is 266 g/mol.